The monoisotopic (exact) mass is 281 g/mol. The summed E-state index contributed by atoms with van der Waals surface area (Å²) in [5.74, 6) is -0.103. The summed E-state index contributed by atoms with van der Waals surface area (Å²) in [6, 6.07) is 0. The molecule has 0 saturated carbocycles. The molecule has 0 spiro atoms. The molecule has 1 heterocycles. The molecule has 0 aliphatic carbocycles. The van der Waals surface area contributed by atoms with Gasteiger partial charge in [0.25, 0.3) is 0 Å². The third-order valence-electron chi connectivity index (χ3n) is 1.57. The fraction of sp³-hybridized carbons (Fsp3) is 0.500. The molecule has 0 N–H and O–H groups in total. The first-order valence-corrected chi connectivity index (χ1v) is 4.58. The van der Waals surface area contributed by atoms with Crippen molar-refractivity contribution in [2.45, 2.75) is 10.8 Å². The van der Waals surface area contributed by atoms with E-state index in [0.717, 1.165) is 5.69 Å². The Morgan fingerprint density at radius 3 is 2.67 bits per heavy atom. The van der Waals surface area contributed by atoms with Crippen LogP contribution in [0.3, 0.4) is 0 Å². The van der Waals surface area contributed by atoms with Crippen molar-refractivity contribution >= 4 is 28.5 Å². The van der Waals surface area contributed by atoms with Gasteiger partial charge in [0.1, 0.15) is 11.9 Å². The second-order valence-electron chi connectivity index (χ2n) is 2.42. The maximum absolute atomic E-state index is 10.4. The van der Waals surface area contributed by atoms with Gasteiger partial charge in [-0.1, -0.05) is 27.6 Å². The summed E-state index contributed by atoms with van der Waals surface area (Å²) < 4.78 is 1.73. The van der Waals surface area contributed by atoms with Crippen molar-refractivity contribution in [3.63, 3.8) is 0 Å². The molecule has 1 aromatic rings. The Kier molecular flexibility index (Phi) is 2.65. The topological polar surface area (TPSA) is 61.0 Å². The van der Waals surface area contributed by atoms with Crippen LogP contribution in [0.25, 0.3) is 0 Å². The molecule has 12 heavy (non-hydrogen) atoms. The number of nitrogens with zero attached hydrogens (tertiary/aromatic N) is 3. The van der Waals surface area contributed by atoms with Crippen LogP contribution in [0.1, 0.15) is 16.5 Å². The predicted molar refractivity (Wildman–Crippen MR) is 52.3 cm³/mol. The van der Waals surface area contributed by atoms with Gasteiger partial charge in [-0.15, -0.1) is 0 Å². The van der Waals surface area contributed by atoms with E-state index in [0.29, 0.717) is 0 Å². The predicted octanol–water partition coefficient (Wildman–Crippen LogP) is 1.82. The number of imidazole rings is 1. The van der Waals surface area contributed by atoms with Gasteiger partial charge in [0.2, 0.25) is 0 Å². The SMILES string of the molecule is CC(I)c1cnc([N+](=O)[O-])n1C. The van der Waals surface area contributed by atoms with Crippen molar-refractivity contribution in [3.05, 3.63) is 22.0 Å². The van der Waals surface area contributed by atoms with E-state index in [1.807, 2.05) is 6.92 Å². The van der Waals surface area contributed by atoms with E-state index in [1.165, 1.54) is 10.8 Å². The van der Waals surface area contributed by atoms with Gasteiger partial charge < -0.3 is 10.1 Å². The number of aromatic nitrogens is 2. The van der Waals surface area contributed by atoms with Gasteiger partial charge in [-0.25, -0.2) is 4.57 Å². The average Bonchev–Trinajstić information content (AvgIpc) is 2.30. The molecule has 0 radical (unpaired) electrons. The van der Waals surface area contributed by atoms with Crippen LogP contribution in [0, 0.1) is 10.1 Å². The quantitative estimate of drug-likeness (QED) is 0.359. The summed E-state index contributed by atoms with van der Waals surface area (Å²) in [6.45, 7) is 1.96. The first-order chi connectivity index (χ1) is 5.54. The summed E-state index contributed by atoms with van der Waals surface area (Å²) in [5.41, 5.74) is 0.863. The van der Waals surface area contributed by atoms with Crippen molar-refractivity contribution in [1.82, 2.24) is 9.55 Å². The van der Waals surface area contributed by atoms with E-state index >= 15 is 0 Å². The van der Waals surface area contributed by atoms with Crippen molar-refractivity contribution in [1.29, 1.82) is 0 Å². The maximum atomic E-state index is 10.4. The third kappa shape index (κ3) is 1.57. The minimum absolute atomic E-state index is 0.103. The van der Waals surface area contributed by atoms with Crippen LogP contribution in [0.15, 0.2) is 6.20 Å². The second kappa shape index (κ2) is 3.38. The van der Waals surface area contributed by atoms with Crippen LogP contribution in [0.4, 0.5) is 5.95 Å². The Labute approximate surface area is 83.1 Å². The van der Waals surface area contributed by atoms with E-state index in [-0.39, 0.29) is 9.87 Å². The minimum atomic E-state index is -0.484. The molecular formula is C6H8IN3O2. The molecule has 5 nitrogen and oxygen atoms in total. The number of hydrogen-bond donors (Lipinski definition) is 0. The highest BCUT2D eigenvalue weighted by molar-refractivity contribution is 14.1. The van der Waals surface area contributed by atoms with Crippen LogP contribution in [0.2, 0.25) is 0 Å². The number of hydrogen-bond acceptors (Lipinski definition) is 3. The molecule has 0 aliphatic rings. The lowest BCUT2D eigenvalue weighted by molar-refractivity contribution is -0.396. The number of halogens is 1. The molecule has 0 aromatic carbocycles. The summed E-state index contributed by atoms with van der Waals surface area (Å²) >= 11 is 2.19. The number of alkyl halides is 1. The van der Waals surface area contributed by atoms with E-state index in [1.54, 1.807) is 7.05 Å². The zero-order chi connectivity index (χ0) is 9.30. The molecule has 0 amide bonds. The molecule has 0 fully saturated rings. The average molecular weight is 281 g/mol. The Bertz CT molecular complexity index is 308. The van der Waals surface area contributed by atoms with Crippen LogP contribution in [-0.4, -0.2) is 14.5 Å². The minimum Gasteiger partial charge on any atom is -0.390 e. The van der Waals surface area contributed by atoms with Gasteiger partial charge in [-0.2, -0.15) is 0 Å². The van der Waals surface area contributed by atoms with E-state index in [9.17, 15) is 10.1 Å². The molecular weight excluding hydrogens is 273 g/mol. The smallest absolute Gasteiger partial charge is 0.390 e. The van der Waals surface area contributed by atoms with E-state index in [4.69, 9.17) is 0 Å². The molecule has 1 rings (SSSR count). The van der Waals surface area contributed by atoms with Crippen LogP contribution in [0.5, 0.6) is 0 Å². The molecule has 1 aromatic heterocycles. The first-order valence-electron chi connectivity index (χ1n) is 3.34. The van der Waals surface area contributed by atoms with Gasteiger partial charge in [0.15, 0.2) is 0 Å². The molecule has 1 unspecified atom stereocenters. The molecule has 1 atom stereocenters. The summed E-state index contributed by atoms with van der Waals surface area (Å²) in [7, 11) is 1.65. The summed E-state index contributed by atoms with van der Waals surface area (Å²) in [4.78, 5) is 13.6. The van der Waals surface area contributed by atoms with Crippen molar-refractivity contribution in [2.75, 3.05) is 0 Å². The van der Waals surface area contributed by atoms with Gasteiger partial charge in [-0.05, 0) is 11.8 Å². The van der Waals surface area contributed by atoms with Gasteiger partial charge in [0, 0.05) is 0 Å². The molecule has 0 aliphatic heterocycles. The van der Waals surface area contributed by atoms with Crippen LogP contribution < -0.4 is 0 Å². The summed E-state index contributed by atoms with van der Waals surface area (Å²) in [5, 5.41) is 10.4. The van der Waals surface area contributed by atoms with Crippen LogP contribution in [-0.2, 0) is 7.05 Å². The Morgan fingerprint density at radius 1 is 1.83 bits per heavy atom. The standard InChI is InChI=1S/C6H8IN3O2/c1-4(7)5-3-8-6(9(5)2)10(11)12/h3-4H,1-2H3. The lowest BCUT2D eigenvalue weighted by Crippen LogP contribution is -2.01. The molecule has 0 bridgehead atoms. The molecule has 66 valence electrons. The third-order valence-corrected chi connectivity index (χ3v) is 2.21. The van der Waals surface area contributed by atoms with E-state index in [2.05, 4.69) is 27.6 Å². The summed E-state index contributed by atoms with van der Waals surface area (Å²) in [6.07, 6.45) is 1.54. The lowest BCUT2D eigenvalue weighted by Gasteiger charge is -1.99. The first kappa shape index (κ1) is 9.43. The zero-order valence-corrected chi connectivity index (χ0v) is 8.85. The van der Waals surface area contributed by atoms with E-state index < -0.39 is 4.92 Å². The van der Waals surface area contributed by atoms with Crippen molar-refractivity contribution < 1.29 is 4.92 Å². The normalized spacial score (nSPS) is 12.9. The number of nitro groups is 1. The van der Waals surface area contributed by atoms with Gasteiger partial charge in [0.05, 0.1) is 11.0 Å². The Morgan fingerprint density at radius 2 is 2.42 bits per heavy atom. The zero-order valence-electron chi connectivity index (χ0n) is 6.69. The Balaban J connectivity index is 3.13. The fourth-order valence-corrected chi connectivity index (χ4v) is 1.53. The molecule has 6 heteroatoms. The Hall–Kier alpha value is -0.660. The largest absolute Gasteiger partial charge is 0.434 e. The second-order valence-corrected chi connectivity index (χ2v) is 4.28. The van der Waals surface area contributed by atoms with Crippen molar-refractivity contribution in [2.24, 2.45) is 7.05 Å². The van der Waals surface area contributed by atoms with Gasteiger partial charge >= 0.3 is 5.95 Å². The highest BCUT2D eigenvalue weighted by atomic mass is 127. The number of rotatable bonds is 2. The molecule has 0 saturated heterocycles. The highest BCUT2D eigenvalue weighted by Gasteiger charge is 2.19. The van der Waals surface area contributed by atoms with Crippen LogP contribution >= 0.6 is 22.6 Å². The van der Waals surface area contributed by atoms with Gasteiger partial charge in [-0.3, -0.25) is 0 Å². The fourth-order valence-electron chi connectivity index (χ4n) is 0.952. The highest BCUT2D eigenvalue weighted by Crippen LogP contribution is 2.24. The maximum Gasteiger partial charge on any atom is 0.434 e. The lowest BCUT2D eigenvalue weighted by atomic mass is 10.4. The van der Waals surface area contributed by atoms with Crippen molar-refractivity contribution in [3.8, 4) is 0 Å².